The molecule has 0 aliphatic heterocycles. The molecule has 0 saturated carbocycles. The van der Waals surface area contributed by atoms with Crippen molar-refractivity contribution in [2.45, 2.75) is 0 Å². The van der Waals surface area contributed by atoms with Gasteiger partial charge in [0.2, 0.25) is 0 Å². The van der Waals surface area contributed by atoms with E-state index >= 15 is 0 Å². The number of nitro groups is 1. The zero-order chi connectivity index (χ0) is 10.0. The largest absolute Gasteiger partial charge is 0.391 e. The molecule has 0 heterocycles. The van der Waals surface area contributed by atoms with E-state index in [9.17, 15) is 10.1 Å². The maximum Gasteiger partial charge on any atom is 0.294 e. The lowest BCUT2D eigenvalue weighted by molar-refractivity contribution is -0.383. The molecule has 0 unspecified atom stereocenters. The SMILES string of the molecule is CN(C)c1cccc([N+](=O)[O-])c1N. The molecule has 0 atom stereocenters. The van der Waals surface area contributed by atoms with Gasteiger partial charge in [-0.05, 0) is 6.07 Å². The lowest BCUT2D eigenvalue weighted by Gasteiger charge is -2.14. The zero-order valence-corrected chi connectivity index (χ0v) is 7.52. The summed E-state index contributed by atoms with van der Waals surface area (Å²) >= 11 is 0. The monoisotopic (exact) mass is 181 g/mol. The van der Waals surface area contributed by atoms with Crippen molar-refractivity contribution in [3.63, 3.8) is 0 Å². The number of nitro benzene ring substituents is 1. The Morgan fingerprint density at radius 1 is 1.46 bits per heavy atom. The second kappa shape index (κ2) is 3.30. The third-order valence-corrected chi connectivity index (χ3v) is 1.74. The van der Waals surface area contributed by atoms with Gasteiger partial charge < -0.3 is 10.6 Å². The number of nitrogens with two attached hydrogens (primary N) is 1. The number of rotatable bonds is 2. The molecule has 0 saturated heterocycles. The molecule has 1 rings (SSSR count). The van der Waals surface area contributed by atoms with Crippen LogP contribution in [0.4, 0.5) is 17.1 Å². The van der Waals surface area contributed by atoms with E-state index in [1.54, 1.807) is 31.1 Å². The summed E-state index contributed by atoms with van der Waals surface area (Å²) in [6.07, 6.45) is 0. The molecule has 2 N–H and O–H groups in total. The van der Waals surface area contributed by atoms with Crippen LogP contribution in [0.15, 0.2) is 18.2 Å². The molecule has 5 heteroatoms. The number of nitrogen functional groups attached to an aromatic ring is 1. The van der Waals surface area contributed by atoms with E-state index < -0.39 is 4.92 Å². The van der Waals surface area contributed by atoms with Crippen molar-refractivity contribution in [3.8, 4) is 0 Å². The second-order valence-corrected chi connectivity index (χ2v) is 2.86. The number of nitrogens with zero attached hydrogens (tertiary/aromatic N) is 2. The molecular weight excluding hydrogens is 170 g/mol. The normalized spacial score (nSPS) is 9.69. The number of hydrogen-bond donors (Lipinski definition) is 1. The fourth-order valence-electron chi connectivity index (χ4n) is 1.09. The van der Waals surface area contributed by atoms with Crippen molar-refractivity contribution >= 4 is 17.1 Å². The highest BCUT2D eigenvalue weighted by atomic mass is 16.6. The average Bonchev–Trinajstić information content (AvgIpc) is 2.03. The zero-order valence-electron chi connectivity index (χ0n) is 7.52. The van der Waals surface area contributed by atoms with Crippen LogP contribution in [0.1, 0.15) is 0 Å². The lowest BCUT2D eigenvalue weighted by Crippen LogP contribution is -2.11. The summed E-state index contributed by atoms with van der Waals surface area (Å²) in [6.45, 7) is 0. The molecule has 70 valence electrons. The van der Waals surface area contributed by atoms with Crippen LogP contribution in [0.25, 0.3) is 0 Å². The van der Waals surface area contributed by atoms with Gasteiger partial charge in [-0.2, -0.15) is 0 Å². The Balaban J connectivity index is 3.26. The van der Waals surface area contributed by atoms with Crippen molar-refractivity contribution in [1.82, 2.24) is 0 Å². The molecule has 13 heavy (non-hydrogen) atoms. The van der Waals surface area contributed by atoms with Crippen molar-refractivity contribution < 1.29 is 4.92 Å². The molecule has 0 spiro atoms. The Morgan fingerprint density at radius 3 is 2.54 bits per heavy atom. The maximum atomic E-state index is 10.5. The predicted octanol–water partition coefficient (Wildman–Crippen LogP) is 1.24. The number of hydrogen-bond acceptors (Lipinski definition) is 4. The van der Waals surface area contributed by atoms with E-state index in [2.05, 4.69) is 0 Å². The minimum absolute atomic E-state index is 0.0498. The first-order chi connectivity index (χ1) is 6.04. The summed E-state index contributed by atoms with van der Waals surface area (Å²) in [5.74, 6) is 0. The minimum atomic E-state index is -0.484. The first-order valence-corrected chi connectivity index (χ1v) is 3.74. The summed E-state index contributed by atoms with van der Waals surface area (Å²) in [5.41, 5.74) is 6.42. The van der Waals surface area contributed by atoms with Gasteiger partial charge in [-0.1, -0.05) is 6.07 Å². The quantitative estimate of drug-likeness (QED) is 0.423. The predicted molar refractivity (Wildman–Crippen MR) is 51.8 cm³/mol. The van der Waals surface area contributed by atoms with Crippen molar-refractivity contribution in [2.75, 3.05) is 24.7 Å². The summed E-state index contributed by atoms with van der Waals surface area (Å²) in [4.78, 5) is 11.8. The van der Waals surface area contributed by atoms with Gasteiger partial charge in [0.15, 0.2) is 0 Å². The minimum Gasteiger partial charge on any atom is -0.391 e. The van der Waals surface area contributed by atoms with Crippen molar-refractivity contribution in [2.24, 2.45) is 0 Å². The Bertz CT molecular complexity index is 336. The molecular formula is C8H11N3O2. The third-order valence-electron chi connectivity index (χ3n) is 1.74. The Hall–Kier alpha value is -1.78. The van der Waals surface area contributed by atoms with Gasteiger partial charge in [-0.3, -0.25) is 10.1 Å². The van der Waals surface area contributed by atoms with Crippen molar-refractivity contribution in [3.05, 3.63) is 28.3 Å². The van der Waals surface area contributed by atoms with Crippen LogP contribution < -0.4 is 10.6 Å². The van der Waals surface area contributed by atoms with E-state index in [0.717, 1.165) is 0 Å². The van der Waals surface area contributed by atoms with Crippen LogP contribution in [-0.4, -0.2) is 19.0 Å². The van der Waals surface area contributed by atoms with Gasteiger partial charge in [-0.15, -0.1) is 0 Å². The maximum absolute atomic E-state index is 10.5. The first kappa shape index (κ1) is 9.31. The van der Waals surface area contributed by atoms with Gasteiger partial charge in [0.1, 0.15) is 5.69 Å². The molecule has 0 aromatic heterocycles. The second-order valence-electron chi connectivity index (χ2n) is 2.86. The van der Waals surface area contributed by atoms with Crippen molar-refractivity contribution in [1.29, 1.82) is 0 Å². The van der Waals surface area contributed by atoms with E-state index in [-0.39, 0.29) is 11.4 Å². The highest BCUT2D eigenvalue weighted by Crippen LogP contribution is 2.30. The Labute approximate surface area is 75.9 Å². The van der Waals surface area contributed by atoms with E-state index in [0.29, 0.717) is 5.69 Å². The van der Waals surface area contributed by atoms with E-state index in [4.69, 9.17) is 5.73 Å². The molecule has 0 fully saturated rings. The van der Waals surface area contributed by atoms with E-state index in [1.807, 2.05) is 0 Å². The molecule has 0 radical (unpaired) electrons. The fourth-order valence-corrected chi connectivity index (χ4v) is 1.09. The molecule has 5 nitrogen and oxygen atoms in total. The number of anilines is 2. The summed E-state index contributed by atoms with van der Waals surface area (Å²) in [6, 6.07) is 4.74. The standard InChI is InChI=1S/C8H11N3O2/c1-10(2)6-4-3-5-7(8(6)9)11(12)13/h3-5H,9H2,1-2H3. The number of para-hydroxylation sites is 1. The molecule has 0 aliphatic rings. The topological polar surface area (TPSA) is 72.4 Å². The highest BCUT2D eigenvalue weighted by Gasteiger charge is 2.14. The number of benzene rings is 1. The fraction of sp³-hybridized carbons (Fsp3) is 0.250. The van der Waals surface area contributed by atoms with Gasteiger partial charge in [-0.25, -0.2) is 0 Å². The smallest absolute Gasteiger partial charge is 0.294 e. The van der Waals surface area contributed by atoms with Gasteiger partial charge in [0.25, 0.3) is 5.69 Å². The highest BCUT2D eigenvalue weighted by molar-refractivity contribution is 5.76. The first-order valence-electron chi connectivity index (χ1n) is 3.74. The molecule has 0 amide bonds. The molecule has 1 aromatic rings. The Kier molecular flexibility index (Phi) is 2.36. The van der Waals surface area contributed by atoms with Crippen LogP contribution in [0.2, 0.25) is 0 Å². The van der Waals surface area contributed by atoms with Crippen LogP contribution in [0, 0.1) is 10.1 Å². The lowest BCUT2D eigenvalue weighted by atomic mass is 10.2. The molecule has 1 aromatic carbocycles. The van der Waals surface area contributed by atoms with Crippen LogP contribution in [0.3, 0.4) is 0 Å². The molecule has 0 bridgehead atoms. The summed E-state index contributed by atoms with van der Waals surface area (Å²) in [7, 11) is 3.57. The van der Waals surface area contributed by atoms with Crippen LogP contribution >= 0.6 is 0 Å². The van der Waals surface area contributed by atoms with Crippen LogP contribution in [0.5, 0.6) is 0 Å². The van der Waals surface area contributed by atoms with E-state index in [1.165, 1.54) is 6.07 Å². The third kappa shape index (κ3) is 1.69. The van der Waals surface area contributed by atoms with Gasteiger partial charge in [0.05, 0.1) is 10.6 Å². The summed E-state index contributed by atoms with van der Waals surface area (Å²) < 4.78 is 0. The molecule has 0 aliphatic carbocycles. The van der Waals surface area contributed by atoms with Gasteiger partial charge >= 0.3 is 0 Å². The summed E-state index contributed by atoms with van der Waals surface area (Å²) in [5, 5.41) is 10.5. The average molecular weight is 181 g/mol. The van der Waals surface area contributed by atoms with Gasteiger partial charge in [0, 0.05) is 20.2 Å². The van der Waals surface area contributed by atoms with Crippen LogP contribution in [-0.2, 0) is 0 Å². The Morgan fingerprint density at radius 2 is 2.08 bits per heavy atom.